The van der Waals surface area contributed by atoms with Crippen molar-refractivity contribution in [2.45, 2.75) is 4.90 Å². The maximum Gasteiger partial charge on any atom is 0.238 e. The predicted molar refractivity (Wildman–Crippen MR) is 113 cm³/mol. The molecule has 0 N–H and O–H groups in total. The van der Waals surface area contributed by atoms with Crippen LogP contribution in [-0.4, -0.2) is 55.0 Å². The van der Waals surface area contributed by atoms with Crippen LogP contribution in [0.15, 0.2) is 47.4 Å². The molecule has 8 heteroatoms. The number of nitrogens with zero attached hydrogens (tertiary/aromatic N) is 4. The highest BCUT2D eigenvalue weighted by Gasteiger charge is 2.28. The SMILES string of the molecule is CN1CCN(C(=O)CSc2ccc3c(c2)OCCO3)c2nc3ccccc3nc21. The number of rotatable bonds is 3. The van der Waals surface area contributed by atoms with E-state index in [1.807, 2.05) is 54.4 Å². The molecular formula is C21H20N4O3S. The first-order valence-corrected chi connectivity index (χ1v) is 10.5. The van der Waals surface area contributed by atoms with Crippen LogP contribution in [0.4, 0.5) is 11.6 Å². The second-order valence-electron chi connectivity index (χ2n) is 6.92. The maximum atomic E-state index is 13.0. The van der Waals surface area contributed by atoms with E-state index in [0.29, 0.717) is 31.3 Å². The van der Waals surface area contributed by atoms with E-state index in [2.05, 4.69) is 0 Å². The Morgan fingerprint density at radius 3 is 2.52 bits per heavy atom. The fourth-order valence-corrected chi connectivity index (χ4v) is 4.26. The Bertz CT molecular complexity index is 1090. The van der Waals surface area contributed by atoms with Gasteiger partial charge in [-0.1, -0.05) is 12.1 Å². The molecule has 2 aliphatic heterocycles. The Labute approximate surface area is 172 Å². The molecule has 7 nitrogen and oxygen atoms in total. The summed E-state index contributed by atoms with van der Waals surface area (Å²) in [7, 11) is 1.98. The molecule has 0 unspecified atom stereocenters. The number of hydrogen-bond acceptors (Lipinski definition) is 7. The van der Waals surface area contributed by atoms with Crippen LogP contribution in [0.3, 0.4) is 0 Å². The highest BCUT2D eigenvalue weighted by molar-refractivity contribution is 8.00. The first kappa shape index (κ1) is 18.1. The minimum atomic E-state index is 0.0174. The third kappa shape index (κ3) is 3.44. The van der Waals surface area contributed by atoms with Crippen molar-refractivity contribution in [3.8, 4) is 11.5 Å². The van der Waals surface area contributed by atoms with E-state index < -0.39 is 0 Å². The molecule has 5 rings (SSSR count). The largest absolute Gasteiger partial charge is 0.486 e. The van der Waals surface area contributed by atoms with Crippen LogP contribution in [0.2, 0.25) is 0 Å². The van der Waals surface area contributed by atoms with E-state index in [4.69, 9.17) is 19.4 Å². The second kappa shape index (κ2) is 7.44. The van der Waals surface area contributed by atoms with Crippen molar-refractivity contribution in [2.75, 3.05) is 48.9 Å². The Kier molecular flexibility index (Phi) is 4.63. The van der Waals surface area contributed by atoms with Crippen molar-refractivity contribution < 1.29 is 14.3 Å². The quantitative estimate of drug-likeness (QED) is 0.617. The van der Waals surface area contributed by atoms with Crippen molar-refractivity contribution in [1.82, 2.24) is 9.97 Å². The molecule has 1 aromatic heterocycles. The van der Waals surface area contributed by atoms with E-state index in [1.165, 1.54) is 11.8 Å². The van der Waals surface area contributed by atoms with Gasteiger partial charge < -0.3 is 14.4 Å². The van der Waals surface area contributed by atoms with Gasteiger partial charge in [0.2, 0.25) is 5.91 Å². The number of carbonyl (C=O) groups excluding carboxylic acids is 1. The number of amides is 1. The third-order valence-corrected chi connectivity index (χ3v) is 5.97. The summed E-state index contributed by atoms with van der Waals surface area (Å²) in [5.41, 5.74) is 1.62. The molecule has 0 spiro atoms. The van der Waals surface area contributed by atoms with Crippen molar-refractivity contribution >= 4 is 40.3 Å². The zero-order valence-corrected chi connectivity index (χ0v) is 16.8. The van der Waals surface area contributed by atoms with Gasteiger partial charge >= 0.3 is 0 Å². The van der Waals surface area contributed by atoms with Crippen LogP contribution in [0.25, 0.3) is 11.0 Å². The van der Waals surface area contributed by atoms with Crippen LogP contribution in [0.5, 0.6) is 11.5 Å². The molecule has 1 amide bonds. The predicted octanol–water partition coefficient (Wildman–Crippen LogP) is 2.98. The molecule has 0 aliphatic carbocycles. The average molecular weight is 408 g/mol. The standard InChI is InChI=1S/C21H20N4O3S/c1-24-8-9-25(21-20(24)22-15-4-2-3-5-16(15)23-21)19(26)13-29-14-6-7-17-18(12-14)28-11-10-27-17/h2-7,12H,8-11,13H2,1H3. The van der Waals surface area contributed by atoms with Crippen LogP contribution in [0.1, 0.15) is 0 Å². The van der Waals surface area contributed by atoms with Crippen LogP contribution < -0.4 is 19.3 Å². The summed E-state index contributed by atoms with van der Waals surface area (Å²) in [5.74, 6) is 3.19. The molecule has 148 valence electrons. The van der Waals surface area contributed by atoms with Crippen molar-refractivity contribution in [2.24, 2.45) is 0 Å². The normalized spacial score (nSPS) is 15.3. The Morgan fingerprint density at radius 2 is 1.72 bits per heavy atom. The number of aromatic nitrogens is 2. The molecule has 0 bridgehead atoms. The molecule has 3 aromatic rings. The second-order valence-corrected chi connectivity index (χ2v) is 7.97. The monoisotopic (exact) mass is 408 g/mol. The van der Waals surface area contributed by atoms with Crippen LogP contribution in [0, 0.1) is 0 Å². The first-order valence-electron chi connectivity index (χ1n) is 9.50. The first-order chi connectivity index (χ1) is 14.2. The fourth-order valence-electron chi connectivity index (χ4n) is 3.46. The van der Waals surface area contributed by atoms with E-state index >= 15 is 0 Å². The number of benzene rings is 2. The zero-order valence-electron chi connectivity index (χ0n) is 16.0. The molecule has 0 radical (unpaired) electrons. The highest BCUT2D eigenvalue weighted by atomic mass is 32.2. The van der Waals surface area contributed by atoms with E-state index in [0.717, 1.165) is 39.8 Å². The summed E-state index contributed by atoms with van der Waals surface area (Å²) in [5, 5.41) is 0. The molecule has 2 aromatic carbocycles. The molecule has 0 saturated carbocycles. The van der Waals surface area contributed by atoms with Gasteiger partial charge in [-0.15, -0.1) is 11.8 Å². The van der Waals surface area contributed by atoms with Gasteiger partial charge in [0.25, 0.3) is 0 Å². The summed E-state index contributed by atoms with van der Waals surface area (Å²) < 4.78 is 11.2. The van der Waals surface area contributed by atoms with Crippen molar-refractivity contribution in [3.05, 3.63) is 42.5 Å². The van der Waals surface area contributed by atoms with Gasteiger partial charge in [-0.2, -0.15) is 0 Å². The molecule has 29 heavy (non-hydrogen) atoms. The minimum absolute atomic E-state index is 0.0174. The zero-order chi connectivity index (χ0) is 19.8. The number of likely N-dealkylation sites (N-methyl/N-ethyl adjacent to an activating group) is 1. The Morgan fingerprint density at radius 1 is 1.00 bits per heavy atom. The number of para-hydroxylation sites is 2. The van der Waals surface area contributed by atoms with Gasteiger partial charge in [0, 0.05) is 25.0 Å². The van der Waals surface area contributed by atoms with Crippen molar-refractivity contribution in [1.29, 1.82) is 0 Å². The van der Waals surface area contributed by atoms with Gasteiger partial charge in [-0.05, 0) is 30.3 Å². The fraction of sp³-hybridized carbons (Fsp3) is 0.286. The number of ether oxygens (including phenoxy) is 2. The number of thioether (sulfide) groups is 1. The van der Waals surface area contributed by atoms with E-state index in [-0.39, 0.29) is 5.91 Å². The lowest BCUT2D eigenvalue weighted by atomic mass is 10.2. The number of anilines is 2. The molecule has 2 aliphatic rings. The number of fused-ring (bicyclic) bond motifs is 3. The van der Waals surface area contributed by atoms with E-state index in [1.54, 1.807) is 4.90 Å². The number of hydrogen-bond donors (Lipinski definition) is 0. The Hall–Kier alpha value is -3.00. The highest BCUT2D eigenvalue weighted by Crippen LogP contribution is 2.35. The summed E-state index contributed by atoms with van der Waals surface area (Å²) in [6, 6.07) is 13.5. The lowest BCUT2D eigenvalue weighted by Crippen LogP contribution is -2.44. The minimum Gasteiger partial charge on any atom is -0.486 e. The maximum absolute atomic E-state index is 13.0. The van der Waals surface area contributed by atoms with Crippen LogP contribution in [-0.2, 0) is 4.79 Å². The van der Waals surface area contributed by atoms with Gasteiger partial charge in [0.1, 0.15) is 13.2 Å². The van der Waals surface area contributed by atoms with E-state index in [9.17, 15) is 4.79 Å². The third-order valence-electron chi connectivity index (χ3n) is 4.99. The molecule has 0 fully saturated rings. The summed E-state index contributed by atoms with van der Waals surface area (Å²) in [4.78, 5) is 27.3. The molecule has 3 heterocycles. The smallest absolute Gasteiger partial charge is 0.238 e. The summed E-state index contributed by atoms with van der Waals surface area (Å²) in [6.45, 7) is 2.43. The molecular weight excluding hydrogens is 388 g/mol. The van der Waals surface area contributed by atoms with Gasteiger partial charge in [0.15, 0.2) is 23.1 Å². The Balaban J connectivity index is 1.37. The van der Waals surface area contributed by atoms with Crippen LogP contribution >= 0.6 is 11.8 Å². The topological polar surface area (TPSA) is 67.8 Å². The number of carbonyl (C=O) groups is 1. The van der Waals surface area contributed by atoms with Gasteiger partial charge in [-0.25, -0.2) is 9.97 Å². The lowest BCUT2D eigenvalue weighted by Gasteiger charge is -2.33. The average Bonchev–Trinajstić information content (AvgIpc) is 2.76. The lowest BCUT2D eigenvalue weighted by molar-refractivity contribution is -0.116. The van der Waals surface area contributed by atoms with Crippen molar-refractivity contribution in [3.63, 3.8) is 0 Å². The molecule has 0 atom stereocenters. The van der Waals surface area contributed by atoms with Gasteiger partial charge in [-0.3, -0.25) is 9.69 Å². The van der Waals surface area contributed by atoms with Gasteiger partial charge in [0.05, 0.1) is 16.8 Å². The summed E-state index contributed by atoms with van der Waals surface area (Å²) in [6.07, 6.45) is 0. The summed E-state index contributed by atoms with van der Waals surface area (Å²) >= 11 is 1.49. The molecule has 0 saturated heterocycles.